The van der Waals surface area contributed by atoms with Gasteiger partial charge < -0.3 is 4.90 Å². The molecule has 0 radical (unpaired) electrons. The molecule has 0 aromatic heterocycles. The van der Waals surface area contributed by atoms with Gasteiger partial charge in [0, 0.05) is 17.9 Å². The number of thioether (sulfide) groups is 1. The van der Waals surface area contributed by atoms with Gasteiger partial charge in [-0.3, -0.25) is 15.1 Å². The van der Waals surface area contributed by atoms with Gasteiger partial charge in [0.15, 0.2) is 15.0 Å². The molecular weight excluding hydrogens is 491 g/mol. The van der Waals surface area contributed by atoms with Crippen molar-refractivity contribution < 1.29 is 26.5 Å². The van der Waals surface area contributed by atoms with Gasteiger partial charge in [0.25, 0.3) is 5.69 Å². The number of non-ortho nitro benzene ring substituents is 1. The first kappa shape index (κ1) is 22.9. The van der Waals surface area contributed by atoms with E-state index in [1.54, 1.807) is 12.1 Å². The molecule has 2 aliphatic rings. The molecule has 2 aromatic carbocycles. The summed E-state index contributed by atoms with van der Waals surface area (Å²) in [5.74, 6) is -0.0994. The van der Waals surface area contributed by atoms with Crippen LogP contribution in [0.3, 0.4) is 0 Å². The monoisotopic (exact) mass is 505 g/mol. The Bertz CT molecular complexity index is 1200. The lowest BCUT2D eigenvalue weighted by molar-refractivity contribution is -0.384. The van der Waals surface area contributed by atoms with Crippen molar-refractivity contribution in [3.63, 3.8) is 0 Å². The molecule has 0 saturated carbocycles. The van der Waals surface area contributed by atoms with E-state index in [9.17, 15) is 31.7 Å². The Labute approximate surface area is 190 Å². The Hall–Kier alpha value is -2.31. The quantitative estimate of drug-likeness (QED) is 0.447. The van der Waals surface area contributed by atoms with Crippen LogP contribution in [0.1, 0.15) is 11.1 Å². The second-order valence-corrected chi connectivity index (χ2v) is 10.9. The SMILES string of the molecule is O=[N+]([O-])c1ccc(CSC2=NC3CS(=O)(=O)CC3N2c2cc(C(F)(F)F)ccc2Cl)cc1. The standard InChI is InChI=1S/C19H15ClF3N3O4S2/c20-14-6-3-12(19(21,22)23)7-16(14)25-17-10-32(29,30)9-15(17)24-18(25)31-8-11-1-4-13(5-2-11)26(27)28/h1-7,15,17H,8-10H2. The van der Waals surface area contributed by atoms with Crippen molar-refractivity contribution in [2.45, 2.75) is 24.0 Å². The van der Waals surface area contributed by atoms with Crippen LogP contribution in [0.25, 0.3) is 0 Å². The molecule has 2 atom stereocenters. The van der Waals surface area contributed by atoms with Gasteiger partial charge in [-0.1, -0.05) is 35.5 Å². The summed E-state index contributed by atoms with van der Waals surface area (Å²) in [4.78, 5) is 16.2. The van der Waals surface area contributed by atoms with Crippen molar-refractivity contribution in [2.24, 2.45) is 4.99 Å². The number of nitrogens with zero attached hydrogens (tertiary/aromatic N) is 3. The minimum absolute atomic E-state index is 0.0426. The van der Waals surface area contributed by atoms with Crippen LogP contribution >= 0.6 is 23.4 Å². The summed E-state index contributed by atoms with van der Waals surface area (Å²) < 4.78 is 64.1. The van der Waals surface area contributed by atoms with E-state index in [-0.39, 0.29) is 27.9 Å². The molecule has 1 saturated heterocycles. The van der Waals surface area contributed by atoms with Gasteiger partial charge in [-0.15, -0.1) is 0 Å². The third-order valence-electron chi connectivity index (χ3n) is 5.16. The van der Waals surface area contributed by atoms with Crippen LogP contribution in [0, 0.1) is 10.1 Å². The maximum atomic E-state index is 13.3. The van der Waals surface area contributed by atoms with Gasteiger partial charge in [-0.05, 0) is 23.8 Å². The summed E-state index contributed by atoms with van der Waals surface area (Å²) in [5.41, 5.74) is -0.181. The number of benzene rings is 2. The number of fused-ring (bicyclic) bond motifs is 1. The van der Waals surface area contributed by atoms with E-state index in [1.165, 1.54) is 28.8 Å². The number of halogens is 4. The van der Waals surface area contributed by atoms with E-state index < -0.39 is 38.6 Å². The van der Waals surface area contributed by atoms with Crippen LogP contribution in [0.15, 0.2) is 47.5 Å². The van der Waals surface area contributed by atoms with Gasteiger partial charge in [0.1, 0.15) is 0 Å². The van der Waals surface area contributed by atoms with Crippen LogP contribution < -0.4 is 4.90 Å². The molecule has 2 heterocycles. The van der Waals surface area contributed by atoms with E-state index in [1.807, 2.05) is 0 Å². The molecule has 4 rings (SSSR count). The first-order valence-corrected chi connectivity index (χ1v) is 12.4. The van der Waals surface area contributed by atoms with Crippen molar-refractivity contribution in [2.75, 3.05) is 16.4 Å². The van der Waals surface area contributed by atoms with Gasteiger partial charge in [0.2, 0.25) is 0 Å². The van der Waals surface area contributed by atoms with Gasteiger partial charge in [-0.25, -0.2) is 8.42 Å². The van der Waals surface area contributed by atoms with E-state index in [0.29, 0.717) is 10.9 Å². The summed E-state index contributed by atoms with van der Waals surface area (Å²) in [5, 5.41) is 11.2. The molecule has 2 aliphatic heterocycles. The topological polar surface area (TPSA) is 92.9 Å². The molecule has 0 spiro atoms. The van der Waals surface area contributed by atoms with E-state index in [2.05, 4.69) is 4.99 Å². The Morgan fingerprint density at radius 1 is 1.19 bits per heavy atom. The zero-order chi connectivity index (χ0) is 23.3. The van der Waals surface area contributed by atoms with Crippen LogP contribution in [0.4, 0.5) is 24.5 Å². The molecule has 1 fully saturated rings. The summed E-state index contributed by atoms with van der Waals surface area (Å²) in [7, 11) is -3.39. The fourth-order valence-electron chi connectivity index (χ4n) is 3.65. The number of alkyl halides is 3. The number of nitro groups is 1. The van der Waals surface area contributed by atoms with Crippen LogP contribution in [0.5, 0.6) is 0 Å². The number of aliphatic imine (C=N–C) groups is 1. The molecule has 2 aromatic rings. The number of anilines is 1. The second-order valence-electron chi connectivity index (χ2n) is 7.37. The first-order chi connectivity index (χ1) is 14.9. The van der Waals surface area contributed by atoms with E-state index in [0.717, 1.165) is 23.8 Å². The van der Waals surface area contributed by atoms with Crippen LogP contribution in [-0.4, -0.2) is 42.1 Å². The van der Waals surface area contributed by atoms with E-state index in [4.69, 9.17) is 11.6 Å². The second kappa shape index (κ2) is 8.23. The highest BCUT2D eigenvalue weighted by atomic mass is 35.5. The molecule has 170 valence electrons. The lowest BCUT2D eigenvalue weighted by atomic mass is 10.1. The largest absolute Gasteiger partial charge is 0.416 e. The maximum Gasteiger partial charge on any atom is 0.416 e. The first-order valence-electron chi connectivity index (χ1n) is 9.25. The molecule has 0 aliphatic carbocycles. The maximum absolute atomic E-state index is 13.3. The molecule has 7 nitrogen and oxygen atoms in total. The van der Waals surface area contributed by atoms with Crippen molar-refractivity contribution in [1.82, 2.24) is 0 Å². The van der Waals surface area contributed by atoms with Gasteiger partial charge >= 0.3 is 6.18 Å². The number of hydrogen-bond acceptors (Lipinski definition) is 7. The predicted octanol–water partition coefficient (Wildman–Crippen LogP) is 4.54. The average molecular weight is 506 g/mol. The molecule has 2 unspecified atom stereocenters. The minimum Gasteiger partial charge on any atom is -0.313 e. The third-order valence-corrected chi connectivity index (χ3v) is 8.21. The molecule has 13 heteroatoms. The normalized spacial score (nSPS) is 22.0. The van der Waals surface area contributed by atoms with Crippen LogP contribution in [0.2, 0.25) is 5.02 Å². The fourth-order valence-corrected chi connectivity index (χ4v) is 6.77. The average Bonchev–Trinajstić information content (AvgIpc) is 3.17. The molecule has 32 heavy (non-hydrogen) atoms. The predicted molar refractivity (Wildman–Crippen MR) is 117 cm³/mol. The van der Waals surface area contributed by atoms with Crippen molar-refractivity contribution >= 4 is 49.7 Å². The van der Waals surface area contributed by atoms with Gasteiger partial charge in [0.05, 0.1) is 44.8 Å². The number of hydrogen-bond donors (Lipinski definition) is 0. The summed E-state index contributed by atoms with van der Waals surface area (Å²) in [6, 6.07) is 7.51. The Morgan fingerprint density at radius 3 is 2.50 bits per heavy atom. The highest BCUT2D eigenvalue weighted by Gasteiger charge is 2.48. The summed E-state index contributed by atoms with van der Waals surface area (Å²) in [6.45, 7) is 0. The lowest BCUT2D eigenvalue weighted by Crippen LogP contribution is -2.39. The number of sulfone groups is 1. The summed E-state index contributed by atoms with van der Waals surface area (Å²) >= 11 is 7.44. The van der Waals surface area contributed by atoms with Crippen LogP contribution in [-0.2, 0) is 21.8 Å². The highest BCUT2D eigenvalue weighted by molar-refractivity contribution is 8.13. The number of nitro benzene ring substituents is 1. The smallest absolute Gasteiger partial charge is 0.313 e. The third kappa shape index (κ3) is 4.57. The van der Waals surface area contributed by atoms with Gasteiger partial charge in [-0.2, -0.15) is 13.2 Å². The minimum atomic E-state index is -4.59. The molecule has 0 bridgehead atoms. The van der Waals surface area contributed by atoms with E-state index >= 15 is 0 Å². The lowest BCUT2D eigenvalue weighted by Gasteiger charge is -2.28. The van der Waals surface area contributed by atoms with Crippen molar-refractivity contribution in [3.8, 4) is 0 Å². The molecule has 0 amide bonds. The number of rotatable bonds is 4. The number of amidine groups is 1. The van der Waals surface area contributed by atoms with Crippen molar-refractivity contribution in [1.29, 1.82) is 0 Å². The Morgan fingerprint density at radius 2 is 1.88 bits per heavy atom. The van der Waals surface area contributed by atoms with Crippen molar-refractivity contribution in [3.05, 3.63) is 68.7 Å². The molecule has 0 N–H and O–H groups in total. The zero-order valence-corrected chi connectivity index (χ0v) is 18.5. The highest BCUT2D eigenvalue weighted by Crippen LogP contribution is 2.41. The zero-order valence-electron chi connectivity index (χ0n) is 16.1. The summed E-state index contributed by atoms with van der Waals surface area (Å²) in [6.07, 6.45) is -4.59. The fraction of sp³-hybridized carbons (Fsp3) is 0.316. The molecular formula is C19H15ClF3N3O4S2. The Balaban J connectivity index is 1.66. The Kier molecular flexibility index (Phi) is 5.88.